The van der Waals surface area contributed by atoms with E-state index in [1.165, 1.54) is 0 Å². The highest BCUT2D eigenvalue weighted by Gasteiger charge is 2.49. The summed E-state index contributed by atoms with van der Waals surface area (Å²) >= 11 is 0. The molecule has 5 rings (SSSR count). The normalized spacial score (nSPS) is 19.3. The number of aryl methyl sites for hydroxylation is 1. The highest BCUT2D eigenvalue weighted by atomic mass is 16.5. The number of hydrogen-bond acceptors (Lipinski definition) is 7. The van der Waals surface area contributed by atoms with Crippen LogP contribution in [0.5, 0.6) is 11.5 Å². The molecule has 0 unspecified atom stereocenters. The molecule has 0 saturated carbocycles. The van der Waals surface area contributed by atoms with Crippen molar-refractivity contribution in [2.75, 3.05) is 38.8 Å². The molecule has 0 aromatic heterocycles. The maximum absolute atomic E-state index is 14.0. The summed E-state index contributed by atoms with van der Waals surface area (Å²) in [5, 5.41) is 2.87. The van der Waals surface area contributed by atoms with Crippen LogP contribution in [0.2, 0.25) is 0 Å². The van der Waals surface area contributed by atoms with Gasteiger partial charge in [0.2, 0.25) is 0 Å². The molecule has 45 heavy (non-hydrogen) atoms. The first-order chi connectivity index (χ1) is 21.3. The molecule has 240 valence electrons. The van der Waals surface area contributed by atoms with Gasteiger partial charge in [-0.15, -0.1) is 0 Å². The fraction of sp³-hybridized carbons (Fsp3) is 0.486. The van der Waals surface area contributed by atoms with Crippen molar-refractivity contribution < 1.29 is 28.6 Å². The molecular weight excluding hydrogens is 568 g/mol. The Labute approximate surface area is 266 Å². The topological polar surface area (TPSA) is 94.2 Å². The van der Waals surface area contributed by atoms with Gasteiger partial charge in [-0.25, -0.2) is 0 Å². The molecule has 2 aliphatic carbocycles. The monoisotopic (exact) mass is 614 g/mol. The van der Waals surface area contributed by atoms with E-state index in [1.807, 2.05) is 50.2 Å². The van der Waals surface area contributed by atoms with Crippen molar-refractivity contribution in [1.29, 1.82) is 0 Å². The van der Waals surface area contributed by atoms with Gasteiger partial charge in [-0.3, -0.25) is 14.4 Å². The Kier molecular flexibility index (Phi) is 9.26. The van der Waals surface area contributed by atoms with Gasteiger partial charge < -0.3 is 24.4 Å². The second-order valence-electron chi connectivity index (χ2n) is 14.0. The van der Waals surface area contributed by atoms with Gasteiger partial charge in [-0.05, 0) is 72.9 Å². The van der Waals surface area contributed by atoms with Crippen molar-refractivity contribution in [3.63, 3.8) is 0 Å². The zero-order chi connectivity index (χ0) is 32.5. The number of carbonyl (C=O) groups excluding carboxylic acids is 3. The van der Waals surface area contributed by atoms with Gasteiger partial charge in [0, 0.05) is 60.6 Å². The van der Waals surface area contributed by atoms with E-state index in [2.05, 4.69) is 37.9 Å². The number of anilines is 1. The molecule has 1 N–H and O–H groups in total. The number of rotatable bonds is 10. The van der Waals surface area contributed by atoms with E-state index in [1.54, 1.807) is 13.2 Å². The quantitative estimate of drug-likeness (QED) is 0.317. The first-order valence-corrected chi connectivity index (χ1v) is 15.9. The molecule has 0 fully saturated rings. The number of allylic oxidation sites excluding steroid dienone is 4. The molecule has 8 heteroatoms. The Balaban J connectivity index is 1.54. The van der Waals surface area contributed by atoms with Crippen molar-refractivity contribution in [3.8, 4) is 11.5 Å². The number of carbonyl (C=O) groups is 3. The predicted octanol–water partition coefficient (Wildman–Crippen LogP) is 6.74. The van der Waals surface area contributed by atoms with E-state index in [0.29, 0.717) is 60.9 Å². The van der Waals surface area contributed by atoms with Gasteiger partial charge in [-0.2, -0.15) is 0 Å². The van der Waals surface area contributed by atoms with E-state index in [-0.39, 0.29) is 34.9 Å². The fourth-order valence-electron chi connectivity index (χ4n) is 6.99. The SMILES string of the molecule is CCOc1cc(C2C3=C(CC(C)(C)CC3=O)N(CCOC)C3=C2C(=O)CC(C)(C)C3)ccc1OCC(=O)Nc1cccc(C)c1. The van der Waals surface area contributed by atoms with Crippen LogP contribution >= 0.6 is 0 Å². The van der Waals surface area contributed by atoms with Crippen LogP contribution in [0.4, 0.5) is 5.69 Å². The average Bonchev–Trinajstić information content (AvgIpc) is 2.94. The van der Waals surface area contributed by atoms with E-state index in [4.69, 9.17) is 14.2 Å². The lowest BCUT2D eigenvalue weighted by Gasteiger charge is -2.49. The molecule has 1 amide bonds. The zero-order valence-corrected chi connectivity index (χ0v) is 27.7. The Bertz CT molecular complexity index is 1510. The number of nitrogens with one attached hydrogen (secondary N) is 1. The summed E-state index contributed by atoms with van der Waals surface area (Å²) in [4.78, 5) is 43.0. The maximum Gasteiger partial charge on any atom is 0.262 e. The molecule has 8 nitrogen and oxygen atoms in total. The number of methoxy groups -OCH3 is 1. The van der Waals surface area contributed by atoms with Crippen LogP contribution in [0.3, 0.4) is 0 Å². The third-order valence-corrected chi connectivity index (χ3v) is 8.80. The number of hydrogen-bond donors (Lipinski definition) is 1. The fourth-order valence-corrected chi connectivity index (χ4v) is 6.99. The molecule has 2 aromatic carbocycles. The average molecular weight is 615 g/mol. The van der Waals surface area contributed by atoms with Gasteiger partial charge in [0.15, 0.2) is 29.7 Å². The lowest BCUT2D eigenvalue weighted by atomic mass is 9.63. The van der Waals surface area contributed by atoms with Crippen LogP contribution in [-0.4, -0.2) is 55.8 Å². The summed E-state index contributed by atoms with van der Waals surface area (Å²) in [5.74, 6) is 0.252. The lowest BCUT2D eigenvalue weighted by molar-refractivity contribution is -0.120. The summed E-state index contributed by atoms with van der Waals surface area (Å²) < 4.78 is 17.5. The van der Waals surface area contributed by atoms with Gasteiger partial charge in [-0.1, -0.05) is 45.9 Å². The van der Waals surface area contributed by atoms with Crippen molar-refractivity contribution in [2.24, 2.45) is 10.8 Å². The Hall–Kier alpha value is -3.91. The van der Waals surface area contributed by atoms with Gasteiger partial charge >= 0.3 is 0 Å². The van der Waals surface area contributed by atoms with Crippen LogP contribution in [0.15, 0.2) is 65.0 Å². The van der Waals surface area contributed by atoms with Crippen LogP contribution in [-0.2, 0) is 19.1 Å². The van der Waals surface area contributed by atoms with Crippen LogP contribution in [0.1, 0.15) is 77.3 Å². The molecule has 2 aromatic rings. The number of benzene rings is 2. The van der Waals surface area contributed by atoms with Crippen molar-refractivity contribution in [2.45, 2.75) is 73.1 Å². The van der Waals surface area contributed by atoms with E-state index in [0.717, 1.165) is 35.4 Å². The third-order valence-electron chi connectivity index (χ3n) is 8.80. The maximum atomic E-state index is 14.0. The Morgan fingerprint density at radius 3 is 2.11 bits per heavy atom. The first-order valence-electron chi connectivity index (χ1n) is 15.9. The standard InChI is InChI=1S/C37H46N2O6/c1-8-44-31-17-24(12-13-30(31)45-22-32(42)38-25-11-9-10-23(2)16-25)33-34-26(18-36(3,4)20-28(34)40)39(14-15-43-7)27-19-37(5,6)21-29(41)35(27)33/h9-13,16-17,33H,8,14-15,18-22H2,1-7H3,(H,38,42). The zero-order valence-electron chi connectivity index (χ0n) is 27.7. The second kappa shape index (κ2) is 12.8. The van der Waals surface area contributed by atoms with Crippen LogP contribution in [0.25, 0.3) is 0 Å². The van der Waals surface area contributed by atoms with Crippen molar-refractivity contribution >= 4 is 23.2 Å². The first kappa shape index (κ1) is 32.5. The molecule has 0 radical (unpaired) electrons. The van der Waals surface area contributed by atoms with E-state index in [9.17, 15) is 14.4 Å². The molecule has 1 heterocycles. The molecular formula is C37H46N2O6. The number of ether oxygens (including phenoxy) is 3. The summed E-state index contributed by atoms with van der Waals surface area (Å²) in [5.41, 5.74) is 5.54. The smallest absolute Gasteiger partial charge is 0.262 e. The molecule has 0 spiro atoms. The van der Waals surface area contributed by atoms with Gasteiger partial charge in [0.1, 0.15) is 0 Å². The third kappa shape index (κ3) is 7.01. The Morgan fingerprint density at radius 2 is 1.53 bits per heavy atom. The largest absolute Gasteiger partial charge is 0.490 e. The van der Waals surface area contributed by atoms with Crippen molar-refractivity contribution in [1.82, 2.24) is 4.90 Å². The molecule has 1 aliphatic heterocycles. The van der Waals surface area contributed by atoms with Gasteiger partial charge in [0.05, 0.1) is 13.2 Å². The minimum Gasteiger partial charge on any atom is -0.490 e. The lowest BCUT2D eigenvalue weighted by Crippen LogP contribution is -2.45. The molecule has 3 aliphatic rings. The Morgan fingerprint density at radius 1 is 0.889 bits per heavy atom. The highest BCUT2D eigenvalue weighted by molar-refractivity contribution is 6.07. The van der Waals surface area contributed by atoms with Crippen LogP contribution in [0, 0.1) is 17.8 Å². The minimum atomic E-state index is -0.501. The highest BCUT2D eigenvalue weighted by Crippen LogP contribution is 2.54. The molecule has 0 saturated heterocycles. The summed E-state index contributed by atoms with van der Waals surface area (Å²) in [6.07, 6.45) is 2.29. The second-order valence-corrected chi connectivity index (χ2v) is 14.0. The number of amides is 1. The summed E-state index contributed by atoms with van der Waals surface area (Å²) in [6.45, 7) is 13.6. The predicted molar refractivity (Wildman–Crippen MR) is 174 cm³/mol. The van der Waals surface area contributed by atoms with Crippen molar-refractivity contribution in [3.05, 3.63) is 76.1 Å². The van der Waals surface area contributed by atoms with Crippen LogP contribution < -0.4 is 14.8 Å². The van der Waals surface area contributed by atoms with Gasteiger partial charge in [0.25, 0.3) is 5.91 Å². The molecule has 0 atom stereocenters. The minimum absolute atomic E-state index is 0.0731. The number of nitrogens with zero attached hydrogens (tertiary/aromatic N) is 1. The number of ketones is 2. The summed E-state index contributed by atoms with van der Waals surface area (Å²) in [7, 11) is 1.67. The number of Topliss-reactive ketones (excluding diaryl/α,β-unsaturated/α-hetero) is 2. The summed E-state index contributed by atoms with van der Waals surface area (Å²) in [6, 6.07) is 13.1. The van der Waals surface area contributed by atoms with E-state index >= 15 is 0 Å². The molecule has 0 bridgehead atoms. The van der Waals surface area contributed by atoms with E-state index < -0.39 is 5.92 Å².